The topological polar surface area (TPSA) is 35.5 Å². The van der Waals surface area contributed by atoms with Crippen molar-refractivity contribution >= 4 is 27.2 Å². The van der Waals surface area contributed by atoms with E-state index in [-0.39, 0.29) is 11.5 Å². The highest BCUT2D eigenvalue weighted by molar-refractivity contribution is 7.17. The predicted molar refractivity (Wildman–Crippen MR) is 115 cm³/mol. The third kappa shape index (κ3) is 3.28. The molecular weight excluding hydrogens is 387 g/mol. The summed E-state index contributed by atoms with van der Waals surface area (Å²) in [6, 6.07) is 16.1. The van der Waals surface area contributed by atoms with E-state index in [1.165, 1.54) is 24.5 Å². The molecule has 0 amide bonds. The standard InChI is InChI=1S/C24H19FO3S/c1-14-11-15(27-2)12-18(17-8-6-9-20(25)24(17)28-3)22(14)23(26)19-13-29-21-10-5-4-7-16(19)21/h4-13H,1-3H3. The number of thiophene rings is 1. The van der Waals surface area contributed by atoms with Gasteiger partial charge in [0.15, 0.2) is 17.3 Å². The van der Waals surface area contributed by atoms with Crippen LogP contribution in [0.5, 0.6) is 11.5 Å². The number of hydrogen-bond acceptors (Lipinski definition) is 4. The molecule has 0 spiro atoms. The summed E-state index contributed by atoms with van der Waals surface area (Å²) in [5.41, 5.74) is 3.00. The van der Waals surface area contributed by atoms with Crippen molar-refractivity contribution in [3.63, 3.8) is 0 Å². The lowest BCUT2D eigenvalue weighted by molar-refractivity contribution is 0.104. The van der Waals surface area contributed by atoms with E-state index in [9.17, 15) is 9.18 Å². The van der Waals surface area contributed by atoms with Crippen LogP contribution in [-0.4, -0.2) is 20.0 Å². The van der Waals surface area contributed by atoms with Crippen molar-refractivity contribution < 1.29 is 18.7 Å². The monoisotopic (exact) mass is 406 g/mol. The Morgan fingerprint density at radius 3 is 2.52 bits per heavy atom. The van der Waals surface area contributed by atoms with E-state index in [1.807, 2.05) is 42.6 Å². The zero-order valence-electron chi connectivity index (χ0n) is 16.3. The lowest BCUT2D eigenvalue weighted by atomic mass is 9.89. The minimum absolute atomic E-state index is 0.101. The van der Waals surface area contributed by atoms with E-state index in [0.29, 0.717) is 28.0 Å². The van der Waals surface area contributed by atoms with Crippen LogP contribution in [0.25, 0.3) is 21.2 Å². The molecule has 0 saturated carbocycles. The summed E-state index contributed by atoms with van der Waals surface area (Å²) >= 11 is 1.53. The van der Waals surface area contributed by atoms with Crippen LogP contribution in [0.4, 0.5) is 4.39 Å². The van der Waals surface area contributed by atoms with Gasteiger partial charge in [-0.25, -0.2) is 4.39 Å². The number of ketones is 1. The maximum atomic E-state index is 14.4. The first-order valence-corrected chi connectivity index (χ1v) is 9.95. The van der Waals surface area contributed by atoms with Crippen molar-refractivity contribution in [3.05, 3.63) is 82.5 Å². The summed E-state index contributed by atoms with van der Waals surface area (Å²) in [6.45, 7) is 1.86. The number of carbonyl (C=O) groups is 1. The smallest absolute Gasteiger partial charge is 0.195 e. The lowest BCUT2D eigenvalue weighted by Crippen LogP contribution is -2.07. The fraction of sp³-hybridized carbons (Fsp3) is 0.125. The van der Waals surface area contributed by atoms with Crippen molar-refractivity contribution in [2.24, 2.45) is 0 Å². The molecule has 1 heterocycles. The number of methoxy groups -OCH3 is 2. The van der Waals surface area contributed by atoms with Gasteiger partial charge >= 0.3 is 0 Å². The Morgan fingerprint density at radius 1 is 0.966 bits per heavy atom. The van der Waals surface area contributed by atoms with E-state index in [4.69, 9.17) is 9.47 Å². The van der Waals surface area contributed by atoms with Crippen LogP contribution in [0.2, 0.25) is 0 Å². The van der Waals surface area contributed by atoms with Crippen LogP contribution in [0, 0.1) is 12.7 Å². The van der Waals surface area contributed by atoms with Crippen LogP contribution < -0.4 is 9.47 Å². The van der Waals surface area contributed by atoms with Crippen molar-refractivity contribution in [3.8, 4) is 22.6 Å². The quantitative estimate of drug-likeness (QED) is 0.367. The van der Waals surface area contributed by atoms with Gasteiger partial charge in [0.1, 0.15) is 5.75 Å². The molecule has 1 aromatic heterocycles. The Labute approximate surface area is 172 Å². The van der Waals surface area contributed by atoms with Gasteiger partial charge in [-0.05, 0) is 36.8 Å². The predicted octanol–water partition coefficient (Wildman–Crippen LogP) is 6.26. The Kier molecular flexibility index (Phi) is 5.07. The van der Waals surface area contributed by atoms with Crippen LogP contribution >= 0.6 is 11.3 Å². The summed E-state index contributed by atoms with van der Waals surface area (Å²) in [7, 11) is 2.98. The average Bonchev–Trinajstić information content (AvgIpc) is 3.16. The Morgan fingerprint density at radius 2 is 1.76 bits per heavy atom. The molecule has 3 nitrogen and oxygen atoms in total. The maximum Gasteiger partial charge on any atom is 0.195 e. The lowest BCUT2D eigenvalue weighted by Gasteiger charge is -2.17. The summed E-state index contributed by atoms with van der Waals surface area (Å²) in [5, 5.41) is 2.79. The zero-order chi connectivity index (χ0) is 20.5. The first-order valence-electron chi connectivity index (χ1n) is 9.07. The van der Waals surface area contributed by atoms with Gasteiger partial charge in [-0.1, -0.05) is 30.3 Å². The van der Waals surface area contributed by atoms with E-state index < -0.39 is 5.82 Å². The van der Waals surface area contributed by atoms with Crippen LogP contribution in [0.3, 0.4) is 0 Å². The van der Waals surface area contributed by atoms with E-state index in [1.54, 1.807) is 25.3 Å². The van der Waals surface area contributed by atoms with Crippen molar-refractivity contribution in [1.29, 1.82) is 0 Å². The van der Waals surface area contributed by atoms with Gasteiger partial charge in [-0.3, -0.25) is 4.79 Å². The first-order chi connectivity index (χ1) is 14.0. The number of carbonyl (C=O) groups excluding carboxylic acids is 1. The molecule has 0 radical (unpaired) electrons. The molecule has 0 aliphatic carbocycles. The van der Waals surface area contributed by atoms with Gasteiger partial charge < -0.3 is 9.47 Å². The Balaban J connectivity index is 1.99. The zero-order valence-corrected chi connectivity index (χ0v) is 17.1. The number of aryl methyl sites for hydroxylation is 1. The molecule has 0 fully saturated rings. The van der Waals surface area contributed by atoms with Crippen molar-refractivity contribution in [2.45, 2.75) is 6.92 Å². The second kappa shape index (κ2) is 7.68. The summed E-state index contributed by atoms with van der Waals surface area (Å²) < 4.78 is 26.2. The van der Waals surface area contributed by atoms with Gasteiger partial charge in [-0.15, -0.1) is 11.3 Å². The normalized spacial score (nSPS) is 10.9. The Hall–Kier alpha value is -3.18. The van der Waals surface area contributed by atoms with Crippen LogP contribution in [0.15, 0.2) is 60.0 Å². The van der Waals surface area contributed by atoms with Crippen LogP contribution in [0.1, 0.15) is 21.5 Å². The van der Waals surface area contributed by atoms with E-state index in [0.717, 1.165) is 15.6 Å². The summed E-state index contributed by atoms with van der Waals surface area (Å²) in [6.07, 6.45) is 0. The summed E-state index contributed by atoms with van der Waals surface area (Å²) in [4.78, 5) is 13.7. The number of rotatable bonds is 5. The molecule has 0 aliphatic rings. The molecule has 0 bridgehead atoms. The van der Waals surface area contributed by atoms with Crippen LogP contribution in [-0.2, 0) is 0 Å². The Bertz CT molecular complexity index is 1230. The number of benzene rings is 3. The van der Waals surface area contributed by atoms with E-state index in [2.05, 4.69) is 0 Å². The number of para-hydroxylation sites is 1. The molecule has 0 saturated heterocycles. The van der Waals surface area contributed by atoms with Gasteiger partial charge in [0.05, 0.1) is 14.2 Å². The minimum atomic E-state index is -0.482. The third-order valence-corrected chi connectivity index (χ3v) is 5.92. The van der Waals surface area contributed by atoms with Gasteiger partial charge in [0.2, 0.25) is 0 Å². The number of hydrogen-bond donors (Lipinski definition) is 0. The second-order valence-electron chi connectivity index (χ2n) is 6.66. The van der Waals surface area contributed by atoms with Gasteiger partial charge in [0.25, 0.3) is 0 Å². The molecule has 29 heavy (non-hydrogen) atoms. The molecule has 146 valence electrons. The second-order valence-corrected chi connectivity index (χ2v) is 7.57. The molecule has 0 aliphatic heterocycles. The fourth-order valence-corrected chi connectivity index (χ4v) is 4.54. The molecule has 5 heteroatoms. The SMILES string of the molecule is COc1cc(C)c(C(=O)c2csc3ccccc23)c(-c2cccc(F)c2OC)c1. The maximum absolute atomic E-state index is 14.4. The number of halogens is 1. The number of ether oxygens (including phenoxy) is 2. The first kappa shape index (κ1) is 19.2. The fourth-order valence-electron chi connectivity index (χ4n) is 3.60. The summed E-state index contributed by atoms with van der Waals surface area (Å²) in [5.74, 6) is 0.105. The molecule has 0 unspecified atom stereocenters. The highest BCUT2D eigenvalue weighted by Crippen LogP contribution is 2.39. The highest BCUT2D eigenvalue weighted by Gasteiger charge is 2.24. The molecule has 4 rings (SSSR count). The van der Waals surface area contributed by atoms with Crippen molar-refractivity contribution in [1.82, 2.24) is 0 Å². The third-order valence-electron chi connectivity index (χ3n) is 4.96. The van der Waals surface area contributed by atoms with E-state index >= 15 is 0 Å². The van der Waals surface area contributed by atoms with Gasteiger partial charge in [0, 0.05) is 37.7 Å². The highest BCUT2D eigenvalue weighted by atomic mass is 32.1. The number of fused-ring (bicyclic) bond motifs is 1. The molecule has 4 aromatic rings. The average molecular weight is 406 g/mol. The molecular formula is C24H19FO3S. The molecule has 0 N–H and O–H groups in total. The molecule has 3 aromatic carbocycles. The largest absolute Gasteiger partial charge is 0.497 e. The van der Waals surface area contributed by atoms with Gasteiger partial charge in [-0.2, -0.15) is 0 Å². The van der Waals surface area contributed by atoms with Crippen molar-refractivity contribution in [2.75, 3.05) is 14.2 Å². The minimum Gasteiger partial charge on any atom is -0.497 e. The molecule has 0 atom stereocenters.